The Balaban J connectivity index is 2.61. The smallest absolute Gasteiger partial charge is 0.185 e. The molecule has 0 spiro atoms. The molecule has 0 aliphatic heterocycles. The van der Waals surface area contributed by atoms with Gasteiger partial charge in [-0.2, -0.15) is 5.26 Å². The van der Waals surface area contributed by atoms with Gasteiger partial charge in [0.25, 0.3) is 0 Å². The molecule has 1 aromatic rings. The van der Waals surface area contributed by atoms with Gasteiger partial charge in [-0.15, -0.1) is 0 Å². The molecule has 0 heterocycles. The quantitative estimate of drug-likeness (QED) is 0.492. The maximum absolute atomic E-state index is 10.7. The van der Waals surface area contributed by atoms with Crippen molar-refractivity contribution in [2.45, 2.75) is 13.3 Å². The van der Waals surface area contributed by atoms with Gasteiger partial charge in [-0.05, 0) is 18.2 Å². The van der Waals surface area contributed by atoms with E-state index < -0.39 is 0 Å². The molecule has 17 heavy (non-hydrogen) atoms. The van der Waals surface area contributed by atoms with E-state index in [0.717, 1.165) is 5.56 Å². The molecule has 0 radical (unpaired) electrons. The predicted octanol–water partition coefficient (Wildman–Crippen LogP) is 2.16. The van der Waals surface area contributed by atoms with Gasteiger partial charge in [-0.25, -0.2) is 0 Å². The lowest BCUT2D eigenvalue weighted by atomic mass is 10.1. The molecule has 3 nitrogen and oxygen atoms in total. The average Bonchev–Trinajstić information content (AvgIpc) is 2.30. The molecule has 0 aliphatic carbocycles. The number of nitrogens with zero attached hydrogens (tertiary/aromatic N) is 1. The van der Waals surface area contributed by atoms with Crippen molar-refractivity contribution in [3.63, 3.8) is 0 Å². The Morgan fingerprint density at radius 3 is 2.94 bits per heavy atom. The molecular weight excluding hydrogens is 232 g/mol. The minimum absolute atomic E-state index is 0.103. The molecule has 0 aromatic heterocycles. The van der Waals surface area contributed by atoms with Crippen LogP contribution in [0.3, 0.4) is 0 Å². The molecule has 0 bridgehead atoms. The van der Waals surface area contributed by atoms with Gasteiger partial charge in [-0.1, -0.05) is 23.6 Å². The summed E-state index contributed by atoms with van der Waals surface area (Å²) in [4.78, 5) is 10.7. The average molecular weight is 244 g/mol. The highest BCUT2D eigenvalue weighted by molar-refractivity contribution is 8.13. The van der Waals surface area contributed by atoms with Crippen LogP contribution in [-0.2, 0) is 4.79 Å². The first-order valence-electron chi connectivity index (χ1n) is 5.05. The van der Waals surface area contributed by atoms with Crippen LogP contribution in [0.5, 0.6) is 0 Å². The summed E-state index contributed by atoms with van der Waals surface area (Å²) in [5.41, 5.74) is 7.27. The number of carbonyl (C=O) groups is 1. The van der Waals surface area contributed by atoms with Gasteiger partial charge in [0.1, 0.15) is 6.07 Å². The molecule has 4 heteroatoms. The molecule has 0 saturated heterocycles. The SMILES string of the molecule is CC(=O)SCCC#Cc1ccc(N)c(C#N)c1. The number of carbonyl (C=O) groups excluding carboxylic acids is 1. The van der Waals surface area contributed by atoms with Crippen LogP contribution < -0.4 is 5.73 Å². The highest BCUT2D eigenvalue weighted by atomic mass is 32.2. The zero-order valence-electron chi connectivity index (χ0n) is 9.49. The topological polar surface area (TPSA) is 66.9 Å². The van der Waals surface area contributed by atoms with E-state index in [1.165, 1.54) is 18.7 Å². The number of nitrogen functional groups attached to an aromatic ring is 1. The maximum atomic E-state index is 10.7. The third-order valence-electron chi connectivity index (χ3n) is 1.94. The summed E-state index contributed by atoms with van der Waals surface area (Å²) in [6, 6.07) is 7.13. The minimum atomic E-state index is 0.103. The summed E-state index contributed by atoms with van der Waals surface area (Å²) in [5.74, 6) is 6.59. The number of thioether (sulfide) groups is 1. The van der Waals surface area contributed by atoms with Gasteiger partial charge in [0.05, 0.1) is 5.56 Å². The van der Waals surface area contributed by atoms with Crippen LogP contribution in [0.2, 0.25) is 0 Å². The van der Waals surface area contributed by atoms with Crippen molar-refractivity contribution in [1.29, 1.82) is 5.26 Å². The normalized spacial score (nSPS) is 8.94. The van der Waals surface area contributed by atoms with Crippen LogP contribution in [0, 0.1) is 23.2 Å². The second-order valence-electron chi connectivity index (χ2n) is 3.31. The van der Waals surface area contributed by atoms with Gasteiger partial charge >= 0.3 is 0 Å². The van der Waals surface area contributed by atoms with E-state index in [2.05, 4.69) is 11.8 Å². The van der Waals surface area contributed by atoms with Crippen molar-refractivity contribution < 1.29 is 4.79 Å². The van der Waals surface area contributed by atoms with Gasteiger partial charge in [0.15, 0.2) is 5.12 Å². The van der Waals surface area contributed by atoms with E-state index in [-0.39, 0.29) is 5.12 Å². The Bertz CT molecular complexity index is 520. The monoisotopic (exact) mass is 244 g/mol. The number of nitrogens with two attached hydrogens (primary N) is 1. The highest BCUT2D eigenvalue weighted by Gasteiger charge is 1.97. The summed E-state index contributed by atoms with van der Waals surface area (Å²) in [6.45, 7) is 1.54. The van der Waals surface area contributed by atoms with Crippen molar-refractivity contribution in [2.75, 3.05) is 11.5 Å². The van der Waals surface area contributed by atoms with E-state index in [9.17, 15) is 4.79 Å². The third-order valence-corrected chi connectivity index (χ3v) is 2.75. The first-order valence-corrected chi connectivity index (χ1v) is 6.04. The fourth-order valence-corrected chi connectivity index (χ4v) is 1.63. The summed E-state index contributed by atoms with van der Waals surface area (Å²) in [6.07, 6.45) is 0.649. The molecule has 1 aromatic carbocycles. The molecule has 0 saturated carbocycles. The third kappa shape index (κ3) is 4.63. The van der Waals surface area contributed by atoms with Gasteiger partial charge < -0.3 is 5.73 Å². The minimum Gasteiger partial charge on any atom is -0.398 e. The van der Waals surface area contributed by atoms with Crippen LogP contribution >= 0.6 is 11.8 Å². The van der Waals surface area contributed by atoms with E-state index >= 15 is 0 Å². The van der Waals surface area contributed by atoms with Gasteiger partial charge in [0.2, 0.25) is 0 Å². The van der Waals surface area contributed by atoms with E-state index in [0.29, 0.717) is 23.4 Å². The molecule has 0 unspecified atom stereocenters. The predicted molar refractivity (Wildman–Crippen MR) is 70.2 cm³/mol. The Morgan fingerprint density at radius 2 is 2.29 bits per heavy atom. The summed E-state index contributed by atoms with van der Waals surface area (Å²) < 4.78 is 0. The zero-order valence-corrected chi connectivity index (χ0v) is 10.3. The molecule has 0 atom stereocenters. The first-order chi connectivity index (χ1) is 8.13. The molecular formula is C13H12N2OS. The van der Waals surface area contributed by atoms with Crippen LogP contribution in [0.25, 0.3) is 0 Å². The molecule has 0 aliphatic rings. The lowest BCUT2D eigenvalue weighted by Gasteiger charge is -1.96. The Morgan fingerprint density at radius 1 is 1.53 bits per heavy atom. The second-order valence-corrected chi connectivity index (χ2v) is 4.58. The maximum Gasteiger partial charge on any atom is 0.185 e. The highest BCUT2D eigenvalue weighted by Crippen LogP contribution is 2.12. The lowest BCUT2D eigenvalue weighted by Crippen LogP contribution is -1.90. The molecule has 0 fully saturated rings. The van der Waals surface area contributed by atoms with Crippen LogP contribution in [0.1, 0.15) is 24.5 Å². The Hall–Kier alpha value is -1.91. The number of rotatable bonds is 2. The van der Waals surface area contributed by atoms with E-state index in [1.807, 2.05) is 6.07 Å². The molecule has 1 rings (SSSR count). The second kappa shape index (κ2) is 6.62. The van der Waals surface area contributed by atoms with Crippen molar-refractivity contribution in [3.8, 4) is 17.9 Å². The Labute approximate surface area is 105 Å². The number of benzene rings is 1. The van der Waals surface area contributed by atoms with Crippen molar-refractivity contribution in [1.82, 2.24) is 0 Å². The van der Waals surface area contributed by atoms with Crippen molar-refractivity contribution in [2.24, 2.45) is 0 Å². The Kier molecular flexibility index (Phi) is 5.13. The summed E-state index contributed by atoms with van der Waals surface area (Å²) in [5, 5.41) is 8.90. The standard InChI is InChI=1S/C13H12N2OS/c1-10(16)17-7-3-2-4-11-5-6-13(15)12(8-11)9-14/h5-6,8H,3,7,15H2,1H3. The fraction of sp³-hybridized carbons (Fsp3) is 0.231. The molecule has 0 amide bonds. The lowest BCUT2D eigenvalue weighted by molar-refractivity contribution is -0.109. The first kappa shape index (κ1) is 13.2. The number of anilines is 1. The fourth-order valence-electron chi connectivity index (χ4n) is 1.14. The van der Waals surface area contributed by atoms with E-state index in [4.69, 9.17) is 11.0 Å². The number of hydrogen-bond donors (Lipinski definition) is 1. The molecule has 2 N–H and O–H groups in total. The van der Waals surface area contributed by atoms with E-state index in [1.54, 1.807) is 18.2 Å². The van der Waals surface area contributed by atoms with Crippen LogP contribution in [-0.4, -0.2) is 10.9 Å². The summed E-state index contributed by atoms with van der Waals surface area (Å²) >= 11 is 1.26. The zero-order chi connectivity index (χ0) is 12.7. The van der Waals surface area contributed by atoms with Gasteiger partial charge in [0, 0.05) is 30.3 Å². The van der Waals surface area contributed by atoms with Gasteiger partial charge in [-0.3, -0.25) is 4.79 Å². The van der Waals surface area contributed by atoms with Crippen molar-refractivity contribution in [3.05, 3.63) is 29.3 Å². The summed E-state index contributed by atoms with van der Waals surface area (Å²) in [7, 11) is 0. The largest absolute Gasteiger partial charge is 0.398 e. The van der Waals surface area contributed by atoms with Crippen LogP contribution in [0.4, 0.5) is 5.69 Å². The number of nitriles is 1. The van der Waals surface area contributed by atoms with Crippen molar-refractivity contribution >= 4 is 22.6 Å². The van der Waals surface area contributed by atoms with Crippen LogP contribution in [0.15, 0.2) is 18.2 Å². The molecule has 86 valence electrons. The number of hydrogen-bond acceptors (Lipinski definition) is 4.